The number of aliphatic hydroxyl groups is 1. The molecule has 17 heteroatoms. The van der Waals surface area contributed by atoms with E-state index in [-0.39, 0.29) is 22.4 Å². The number of likely N-dealkylation sites (tertiary alicyclic amines) is 1. The normalized spacial score (nSPS) is 19.4. The number of rotatable bonds is 19. The van der Waals surface area contributed by atoms with Crippen LogP contribution in [0.1, 0.15) is 69.2 Å². The van der Waals surface area contributed by atoms with Crippen LogP contribution in [0.3, 0.4) is 0 Å². The van der Waals surface area contributed by atoms with Crippen molar-refractivity contribution in [2.45, 2.75) is 97.6 Å². The number of carbonyl (C=O) groups excluding carboxylic acids is 1. The van der Waals surface area contributed by atoms with E-state index in [4.69, 9.17) is 0 Å². The van der Waals surface area contributed by atoms with Crippen LogP contribution in [0.2, 0.25) is 0 Å². The maximum atomic E-state index is 14.1. The van der Waals surface area contributed by atoms with E-state index in [1.807, 2.05) is 42.5 Å². The average molecular weight is 936 g/mol. The summed E-state index contributed by atoms with van der Waals surface area (Å²) in [6.07, 6.45) is 1.28. The summed E-state index contributed by atoms with van der Waals surface area (Å²) in [4.78, 5) is 20.1. The highest BCUT2D eigenvalue weighted by atomic mass is 32.2. The fraction of sp³-hybridized carbons (Fsp3) is 0.500. The molecule has 3 N–H and O–H groups in total. The Hall–Kier alpha value is -3.61. The molecule has 1 amide bonds. The van der Waals surface area contributed by atoms with Crippen LogP contribution in [0.25, 0.3) is 0 Å². The third kappa shape index (κ3) is 13.7. The number of carbonyl (C=O) groups is 1. The highest BCUT2D eigenvalue weighted by Gasteiger charge is 2.48. The predicted octanol–water partition coefficient (Wildman–Crippen LogP) is 9.68. The van der Waals surface area contributed by atoms with E-state index in [0.29, 0.717) is 50.2 Å². The van der Waals surface area contributed by atoms with Crippen LogP contribution in [0.5, 0.6) is 0 Å². The van der Waals surface area contributed by atoms with Crippen molar-refractivity contribution in [3.63, 3.8) is 0 Å². The van der Waals surface area contributed by atoms with Crippen molar-refractivity contribution in [3.8, 4) is 0 Å². The first kappa shape index (κ1) is 48.8. The van der Waals surface area contributed by atoms with Gasteiger partial charge in [0.2, 0.25) is 6.43 Å². The molecule has 2 aliphatic heterocycles. The quantitative estimate of drug-likeness (QED) is 0.0612. The van der Waals surface area contributed by atoms with Gasteiger partial charge in [-0.15, -0.1) is 11.8 Å². The number of nitrogens with zero attached hydrogens (tertiary/aromatic N) is 3. The van der Waals surface area contributed by atoms with Crippen LogP contribution in [-0.4, -0.2) is 111 Å². The number of benzene rings is 3. The van der Waals surface area contributed by atoms with Gasteiger partial charge in [0.25, 0.3) is 15.7 Å². The number of amides is 1. The fourth-order valence-electron chi connectivity index (χ4n) is 8.25. The second-order valence-corrected chi connectivity index (χ2v) is 21.3. The van der Waals surface area contributed by atoms with Gasteiger partial charge in [-0.3, -0.25) is 14.4 Å². The zero-order valence-corrected chi connectivity index (χ0v) is 38.3. The number of β-amino-alcohol motifs (C(OH)–C–C–N with tert-alkyl or cyclic N) is 1. The lowest BCUT2D eigenvalue weighted by atomic mass is 9.72. The van der Waals surface area contributed by atoms with Crippen molar-refractivity contribution < 1.29 is 40.3 Å². The number of sulfone groups is 1. The Morgan fingerprint density at radius 1 is 0.952 bits per heavy atom. The Balaban J connectivity index is 1.07. The van der Waals surface area contributed by atoms with Crippen molar-refractivity contribution in [3.05, 3.63) is 102 Å². The smallest absolute Gasteiger partial charge is 0.392 e. The van der Waals surface area contributed by atoms with E-state index in [1.54, 1.807) is 12.1 Å². The van der Waals surface area contributed by atoms with Gasteiger partial charge in [0.1, 0.15) is 4.90 Å². The lowest BCUT2D eigenvalue weighted by molar-refractivity contribution is -0.0435. The monoisotopic (exact) mass is 935 g/mol. The minimum absolute atomic E-state index is 0.102. The molecule has 2 atom stereocenters. The summed E-state index contributed by atoms with van der Waals surface area (Å²) in [6, 6.07) is 19.8. The van der Waals surface area contributed by atoms with Crippen LogP contribution >= 0.6 is 23.7 Å². The van der Waals surface area contributed by atoms with E-state index in [1.165, 1.54) is 29.5 Å². The number of aliphatic hydroxyl groups excluding tert-OH is 1. The molecule has 2 fully saturated rings. The molecular formula is C46H58F5N5O4S3. The summed E-state index contributed by atoms with van der Waals surface area (Å²) in [5, 5.41) is 13.1. The SMILES string of the molecule is C=C(CCC(F)F)C1=C(CN2CCN(c3ccc(C(=O)NSc4ccc(NC(CCN5CCC(O)C5)CSc5ccccc5)c(S(=O)(=O)C(F)(F)F)c4)cc3)CC2)CCC(C)(C)C1. The van der Waals surface area contributed by atoms with Gasteiger partial charge in [-0.2, -0.15) is 13.2 Å². The Bertz CT molecular complexity index is 2170. The molecule has 3 aromatic rings. The van der Waals surface area contributed by atoms with Crippen molar-refractivity contribution >= 4 is 50.8 Å². The molecular weight excluding hydrogens is 878 g/mol. The minimum Gasteiger partial charge on any atom is -0.392 e. The lowest BCUT2D eigenvalue weighted by Crippen LogP contribution is -2.47. The Morgan fingerprint density at radius 2 is 1.67 bits per heavy atom. The van der Waals surface area contributed by atoms with Gasteiger partial charge in [-0.25, -0.2) is 17.2 Å². The van der Waals surface area contributed by atoms with Gasteiger partial charge in [0.05, 0.1) is 11.8 Å². The molecule has 0 bridgehead atoms. The number of nitrogens with one attached hydrogen (secondary N) is 2. The first-order valence-electron chi connectivity index (χ1n) is 21.4. The molecule has 0 spiro atoms. The molecule has 9 nitrogen and oxygen atoms in total. The summed E-state index contributed by atoms with van der Waals surface area (Å²) in [5.74, 6) is -0.0597. The van der Waals surface area contributed by atoms with Crippen molar-refractivity contribution in [1.29, 1.82) is 0 Å². The molecule has 3 aliphatic rings. The average Bonchev–Trinajstić information content (AvgIpc) is 3.68. The number of halogens is 5. The van der Waals surface area contributed by atoms with Crippen molar-refractivity contribution in [2.75, 3.05) is 68.3 Å². The summed E-state index contributed by atoms with van der Waals surface area (Å²) < 4.78 is 96.9. The topological polar surface area (TPSA) is 105 Å². The maximum absolute atomic E-state index is 14.1. The third-order valence-corrected chi connectivity index (χ3v) is 15.4. The van der Waals surface area contributed by atoms with Crippen LogP contribution in [0.15, 0.2) is 111 Å². The van der Waals surface area contributed by atoms with Crippen LogP contribution in [-0.2, 0) is 9.84 Å². The molecule has 6 rings (SSSR count). The van der Waals surface area contributed by atoms with Crippen LogP contribution < -0.4 is 14.9 Å². The first-order valence-corrected chi connectivity index (χ1v) is 24.7. The third-order valence-electron chi connectivity index (χ3n) is 12.0. The van der Waals surface area contributed by atoms with Crippen molar-refractivity contribution in [1.82, 2.24) is 14.5 Å². The minimum atomic E-state index is -5.79. The fourth-order valence-corrected chi connectivity index (χ4v) is 10.9. The van der Waals surface area contributed by atoms with Gasteiger partial charge in [0.15, 0.2) is 0 Å². The van der Waals surface area contributed by atoms with E-state index in [2.05, 4.69) is 45.2 Å². The molecule has 2 unspecified atom stereocenters. The van der Waals surface area contributed by atoms with E-state index in [9.17, 15) is 40.3 Å². The number of hydrogen-bond acceptors (Lipinski definition) is 10. The van der Waals surface area contributed by atoms with Gasteiger partial charge in [-0.05, 0) is 116 Å². The van der Waals surface area contributed by atoms with Gasteiger partial charge < -0.3 is 20.2 Å². The second kappa shape index (κ2) is 21.6. The second-order valence-electron chi connectivity index (χ2n) is 17.4. The summed E-state index contributed by atoms with van der Waals surface area (Å²) in [5.41, 5.74) is -1.10. The molecule has 0 aromatic heterocycles. The Morgan fingerprint density at radius 3 is 2.32 bits per heavy atom. The van der Waals surface area contributed by atoms with Crippen LogP contribution in [0, 0.1) is 5.41 Å². The van der Waals surface area contributed by atoms with Gasteiger partial charge >= 0.3 is 5.51 Å². The summed E-state index contributed by atoms with van der Waals surface area (Å²) in [6.45, 7) is 14.3. The standard InChI is InChI=1S/C46H58F5N5O4S3/c1-32(9-16-43(47)48)40-28-45(2,3)20-17-34(40)29-55-23-25-56(26-24-55)36-12-10-33(11-13-36)44(58)53-62-39-14-15-41(42(27-39)63(59,60)46(49,50)51)52-35(18-21-54-22-19-37(57)30-54)31-61-38-7-5-4-6-8-38/h4-8,10-15,27,35,37,43,52,57H,1,9,16-26,28-31H2,2-3H3,(H,53,58). The Kier molecular flexibility index (Phi) is 16.7. The number of alkyl halides is 5. The van der Waals surface area contributed by atoms with Gasteiger partial charge in [0, 0.05) is 91.6 Å². The number of hydrogen-bond donors (Lipinski definition) is 3. The first-order chi connectivity index (χ1) is 29.9. The van der Waals surface area contributed by atoms with E-state index < -0.39 is 44.7 Å². The highest BCUT2D eigenvalue weighted by Crippen LogP contribution is 2.43. The maximum Gasteiger partial charge on any atom is 0.501 e. The molecule has 3 aromatic carbocycles. The van der Waals surface area contributed by atoms with Crippen molar-refractivity contribution in [2.24, 2.45) is 5.41 Å². The lowest BCUT2D eigenvalue weighted by Gasteiger charge is -2.39. The van der Waals surface area contributed by atoms with Gasteiger partial charge in [-0.1, -0.05) is 49.8 Å². The van der Waals surface area contributed by atoms with E-state index in [0.717, 1.165) is 91.7 Å². The molecule has 1 aliphatic carbocycles. The molecule has 63 heavy (non-hydrogen) atoms. The highest BCUT2D eigenvalue weighted by molar-refractivity contribution is 7.99. The van der Waals surface area contributed by atoms with Crippen LogP contribution in [0.4, 0.5) is 33.3 Å². The molecule has 2 saturated heterocycles. The van der Waals surface area contributed by atoms with E-state index >= 15 is 0 Å². The number of piperazine rings is 1. The molecule has 0 radical (unpaired) electrons. The molecule has 344 valence electrons. The predicted molar refractivity (Wildman–Crippen MR) is 243 cm³/mol. The number of thioether (sulfide) groups is 1. The molecule has 0 saturated carbocycles. The zero-order valence-electron chi connectivity index (χ0n) is 35.8. The number of allylic oxidation sites excluding steroid dienone is 2. The zero-order chi connectivity index (χ0) is 45.4. The molecule has 2 heterocycles. The summed E-state index contributed by atoms with van der Waals surface area (Å²) in [7, 11) is -5.79. The largest absolute Gasteiger partial charge is 0.501 e. The Labute approximate surface area is 377 Å². The summed E-state index contributed by atoms with van der Waals surface area (Å²) >= 11 is 2.23. The number of anilines is 2.